The number of likely N-dealkylation sites (tertiary alicyclic amines) is 1. The summed E-state index contributed by atoms with van der Waals surface area (Å²) in [5.41, 5.74) is 1.17. The number of thiazole rings is 1. The Labute approximate surface area is 171 Å². The van der Waals surface area contributed by atoms with Crippen molar-refractivity contribution in [1.29, 1.82) is 0 Å². The minimum absolute atomic E-state index is 0.0583. The maximum atomic E-state index is 13.3. The van der Waals surface area contributed by atoms with Gasteiger partial charge in [-0.25, -0.2) is 17.8 Å². The molecule has 1 aliphatic rings. The van der Waals surface area contributed by atoms with Crippen molar-refractivity contribution in [1.82, 2.24) is 9.88 Å². The molecule has 0 radical (unpaired) electrons. The molecule has 4 rings (SSSR count). The fourth-order valence-electron chi connectivity index (χ4n) is 3.27. The molecule has 6 nitrogen and oxygen atoms in total. The fourth-order valence-corrected chi connectivity index (χ4v) is 4.81. The van der Waals surface area contributed by atoms with Crippen LogP contribution in [-0.4, -0.2) is 49.7 Å². The summed E-state index contributed by atoms with van der Waals surface area (Å²) < 4.78 is 43.1. The molecule has 1 aromatic heterocycles. The first-order valence-corrected chi connectivity index (χ1v) is 11.8. The number of piperidine rings is 1. The van der Waals surface area contributed by atoms with E-state index in [1.54, 1.807) is 23.1 Å². The zero-order valence-corrected chi connectivity index (χ0v) is 17.3. The third-order valence-corrected chi connectivity index (χ3v) is 6.89. The first-order valence-electron chi connectivity index (χ1n) is 9.12. The average molecular weight is 435 g/mol. The molecule has 9 heteroatoms. The number of halogens is 1. The van der Waals surface area contributed by atoms with Crippen molar-refractivity contribution >= 4 is 37.3 Å². The van der Waals surface area contributed by atoms with Gasteiger partial charge in [0, 0.05) is 37.8 Å². The summed E-state index contributed by atoms with van der Waals surface area (Å²) in [6.07, 6.45) is 2.41. The van der Waals surface area contributed by atoms with E-state index in [9.17, 15) is 17.6 Å². The molecular weight excluding hydrogens is 415 g/mol. The molecule has 1 amide bonds. The van der Waals surface area contributed by atoms with Gasteiger partial charge in [-0.15, -0.1) is 0 Å². The number of hydrogen-bond acceptors (Lipinski definition) is 6. The molecule has 29 heavy (non-hydrogen) atoms. The maximum absolute atomic E-state index is 13.3. The Hall–Kier alpha value is -2.52. The van der Waals surface area contributed by atoms with E-state index in [1.807, 2.05) is 0 Å². The van der Waals surface area contributed by atoms with Gasteiger partial charge in [-0.05, 0) is 42.5 Å². The molecule has 0 saturated carbocycles. The van der Waals surface area contributed by atoms with Crippen LogP contribution in [0, 0.1) is 5.82 Å². The Morgan fingerprint density at radius 1 is 1.17 bits per heavy atom. The molecule has 0 spiro atoms. The van der Waals surface area contributed by atoms with Crippen LogP contribution in [0.4, 0.5) is 4.39 Å². The standard InChI is InChI=1S/C20H19FN2O4S2/c1-29(25,26)16-5-2-13(3-6-16)19(24)23-10-8-15(9-11-23)27-20-22-17-7-4-14(21)12-18(17)28-20/h2-7,12,15H,8-11H2,1H3. The monoisotopic (exact) mass is 434 g/mol. The molecule has 2 heterocycles. The molecule has 152 valence electrons. The number of fused-ring (bicyclic) bond motifs is 1. The van der Waals surface area contributed by atoms with Gasteiger partial charge in [0.25, 0.3) is 11.1 Å². The number of carbonyl (C=O) groups is 1. The minimum Gasteiger partial charge on any atom is -0.467 e. The van der Waals surface area contributed by atoms with Crippen LogP contribution in [0.25, 0.3) is 10.2 Å². The lowest BCUT2D eigenvalue weighted by Gasteiger charge is -2.31. The highest BCUT2D eigenvalue weighted by Gasteiger charge is 2.25. The molecule has 2 aromatic carbocycles. The zero-order valence-electron chi connectivity index (χ0n) is 15.7. The maximum Gasteiger partial charge on any atom is 0.274 e. The molecule has 0 N–H and O–H groups in total. The number of sulfone groups is 1. The van der Waals surface area contributed by atoms with Crippen molar-refractivity contribution in [3.05, 3.63) is 53.8 Å². The van der Waals surface area contributed by atoms with Crippen LogP contribution < -0.4 is 4.74 Å². The summed E-state index contributed by atoms with van der Waals surface area (Å²) in [6.45, 7) is 1.08. The summed E-state index contributed by atoms with van der Waals surface area (Å²) in [6, 6.07) is 10.4. The van der Waals surface area contributed by atoms with Crippen molar-refractivity contribution in [2.24, 2.45) is 0 Å². The van der Waals surface area contributed by atoms with Crippen molar-refractivity contribution in [2.75, 3.05) is 19.3 Å². The molecule has 1 aliphatic heterocycles. The van der Waals surface area contributed by atoms with Crippen LogP contribution in [0.3, 0.4) is 0 Å². The van der Waals surface area contributed by atoms with Gasteiger partial charge in [0.1, 0.15) is 11.9 Å². The number of nitrogens with zero attached hydrogens (tertiary/aromatic N) is 2. The van der Waals surface area contributed by atoms with E-state index in [1.165, 1.54) is 35.6 Å². The Morgan fingerprint density at radius 2 is 1.86 bits per heavy atom. The van der Waals surface area contributed by atoms with Crippen LogP contribution in [0.15, 0.2) is 47.4 Å². The van der Waals surface area contributed by atoms with Crippen molar-refractivity contribution in [3.63, 3.8) is 0 Å². The number of amides is 1. The van der Waals surface area contributed by atoms with Crippen molar-refractivity contribution in [3.8, 4) is 5.19 Å². The van der Waals surface area contributed by atoms with E-state index >= 15 is 0 Å². The Balaban J connectivity index is 1.36. The average Bonchev–Trinajstić information content (AvgIpc) is 3.09. The Morgan fingerprint density at radius 3 is 2.52 bits per heavy atom. The third-order valence-electron chi connectivity index (χ3n) is 4.86. The topological polar surface area (TPSA) is 76.6 Å². The smallest absolute Gasteiger partial charge is 0.274 e. The summed E-state index contributed by atoms with van der Waals surface area (Å²) in [5.74, 6) is -0.428. The number of ether oxygens (including phenoxy) is 1. The van der Waals surface area contributed by atoms with Gasteiger partial charge in [-0.3, -0.25) is 4.79 Å². The molecule has 0 aliphatic carbocycles. The molecule has 0 bridgehead atoms. The summed E-state index contributed by atoms with van der Waals surface area (Å²) >= 11 is 1.31. The molecule has 1 fully saturated rings. The third kappa shape index (κ3) is 4.40. The van der Waals surface area contributed by atoms with Gasteiger partial charge >= 0.3 is 0 Å². The van der Waals surface area contributed by atoms with Gasteiger partial charge in [-0.1, -0.05) is 11.3 Å². The quantitative estimate of drug-likeness (QED) is 0.628. The van der Waals surface area contributed by atoms with E-state index in [-0.39, 0.29) is 22.7 Å². The molecule has 0 atom stereocenters. The van der Waals surface area contributed by atoms with E-state index in [2.05, 4.69) is 4.98 Å². The second kappa shape index (κ2) is 7.72. The number of carbonyl (C=O) groups excluding carboxylic acids is 1. The number of hydrogen-bond donors (Lipinski definition) is 0. The van der Waals surface area contributed by atoms with E-state index in [0.717, 1.165) is 11.0 Å². The number of rotatable bonds is 4. The van der Waals surface area contributed by atoms with Gasteiger partial charge < -0.3 is 9.64 Å². The summed E-state index contributed by atoms with van der Waals surface area (Å²) in [4.78, 5) is 19.0. The van der Waals surface area contributed by atoms with Crippen molar-refractivity contribution in [2.45, 2.75) is 23.8 Å². The lowest BCUT2D eigenvalue weighted by molar-refractivity contribution is 0.0595. The molecule has 1 saturated heterocycles. The number of benzene rings is 2. The van der Waals surface area contributed by atoms with Gasteiger partial charge in [0.05, 0.1) is 15.1 Å². The SMILES string of the molecule is CS(=O)(=O)c1ccc(C(=O)N2CCC(Oc3nc4ccc(F)cc4s3)CC2)cc1. The van der Waals surface area contributed by atoms with Crippen LogP contribution >= 0.6 is 11.3 Å². The predicted molar refractivity (Wildman–Crippen MR) is 109 cm³/mol. The lowest BCUT2D eigenvalue weighted by Crippen LogP contribution is -2.41. The first-order chi connectivity index (χ1) is 13.8. The second-order valence-electron chi connectivity index (χ2n) is 7.00. The van der Waals surface area contributed by atoms with Crippen molar-refractivity contribution < 1.29 is 22.3 Å². The van der Waals surface area contributed by atoms with Crippen LogP contribution in [0.5, 0.6) is 5.19 Å². The fraction of sp³-hybridized carbons (Fsp3) is 0.300. The first kappa shape index (κ1) is 19.8. The van der Waals surface area contributed by atoms with E-state index < -0.39 is 9.84 Å². The van der Waals surface area contributed by atoms with Crippen LogP contribution in [0.1, 0.15) is 23.2 Å². The van der Waals surface area contributed by atoms with Crippen LogP contribution in [0.2, 0.25) is 0 Å². The molecule has 3 aromatic rings. The second-order valence-corrected chi connectivity index (χ2v) is 10.0. The zero-order chi connectivity index (χ0) is 20.6. The normalized spacial score (nSPS) is 15.6. The largest absolute Gasteiger partial charge is 0.467 e. The minimum atomic E-state index is -3.29. The van der Waals surface area contributed by atoms with Gasteiger partial charge in [-0.2, -0.15) is 0 Å². The lowest BCUT2D eigenvalue weighted by atomic mass is 10.1. The highest BCUT2D eigenvalue weighted by Crippen LogP contribution is 2.30. The van der Waals surface area contributed by atoms with E-state index in [0.29, 0.717) is 42.2 Å². The Kier molecular flexibility index (Phi) is 5.26. The van der Waals surface area contributed by atoms with Crippen LogP contribution in [-0.2, 0) is 9.84 Å². The predicted octanol–water partition coefficient (Wildman–Crippen LogP) is 3.52. The summed E-state index contributed by atoms with van der Waals surface area (Å²) in [7, 11) is -3.29. The van der Waals surface area contributed by atoms with E-state index in [4.69, 9.17) is 4.74 Å². The summed E-state index contributed by atoms with van der Waals surface area (Å²) in [5, 5.41) is 0.506. The highest BCUT2D eigenvalue weighted by atomic mass is 32.2. The van der Waals surface area contributed by atoms with Gasteiger partial charge in [0.2, 0.25) is 0 Å². The number of aromatic nitrogens is 1. The Bertz CT molecular complexity index is 1150. The molecule has 0 unspecified atom stereocenters. The van der Waals surface area contributed by atoms with Gasteiger partial charge in [0.15, 0.2) is 9.84 Å². The highest BCUT2D eigenvalue weighted by molar-refractivity contribution is 7.90. The molecular formula is C20H19FN2O4S2.